The molecule has 0 fully saturated rings. The molecule has 9 aromatic carbocycles. The van der Waals surface area contributed by atoms with Crippen molar-refractivity contribution in [2.24, 2.45) is 0 Å². The van der Waals surface area contributed by atoms with Gasteiger partial charge in [-0.2, -0.15) is 0 Å². The lowest BCUT2D eigenvalue weighted by molar-refractivity contribution is 1.06. The van der Waals surface area contributed by atoms with E-state index in [0.717, 1.165) is 72.0 Å². The largest absolute Gasteiger partial charge is 0.308 e. The van der Waals surface area contributed by atoms with Crippen molar-refractivity contribution in [3.8, 4) is 85.1 Å². The fraction of sp³-hybridized carbons (Fsp3) is 0. The van der Waals surface area contributed by atoms with E-state index in [-0.39, 0.29) is 0 Å². The first-order chi connectivity index (χ1) is 33.7. The Morgan fingerprint density at radius 1 is 0.279 bits per heavy atom. The maximum Gasteiger partial charge on any atom is 0.166 e. The molecule has 0 aliphatic heterocycles. The predicted octanol–water partition coefficient (Wildman–Crippen LogP) is 15.2. The van der Waals surface area contributed by atoms with Crippen molar-refractivity contribution in [3.63, 3.8) is 0 Å². The maximum absolute atomic E-state index is 5.44. The Bertz CT molecular complexity index is 3850. The van der Waals surface area contributed by atoms with E-state index in [4.69, 9.17) is 29.9 Å². The third kappa shape index (κ3) is 6.82. The van der Waals surface area contributed by atoms with Crippen LogP contribution in [-0.2, 0) is 0 Å². The van der Waals surface area contributed by atoms with E-state index in [0.29, 0.717) is 34.9 Å². The SMILES string of the molecule is c1ccc(-c2nc(-c3ccccc3)nc(-c3cc(-c4nc(-c5ccccc5)nc(-c5ccccc5)n4)c(-n4c5ccccc5c5ccccc54)c(-c4cccc5c4sc4ccccc45)c3)n2)cc1. The van der Waals surface area contributed by atoms with E-state index in [1.807, 2.05) is 121 Å². The molecular formula is C60H37N7S. The molecule has 0 radical (unpaired) electrons. The summed E-state index contributed by atoms with van der Waals surface area (Å²) in [7, 11) is 0. The molecule has 0 saturated heterocycles. The second-order valence-corrected chi connectivity index (χ2v) is 17.7. The van der Waals surface area contributed by atoms with Crippen molar-refractivity contribution in [3.05, 3.63) is 224 Å². The first kappa shape index (κ1) is 39.4. The molecule has 0 N–H and O–H groups in total. The van der Waals surface area contributed by atoms with Crippen molar-refractivity contribution in [1.29, 1.82) is 0 Å². The van der Waals surface area contributed by atoms with Gasteiger partial charge >= 0.3 is 0 Å². The maximum atomic E-state index is 5.44. The van der Waals surface area contributed by atoms with Crippen LogP contribution in [0.4, 0.5) is 0 Å². The second-order valence-electron chi connectivity index (χ2n) is 16.6. The molecule has 0 saturated carbocycles. The second kappa shape index (κ2) is 16.5. The summed E-state index contributed by atoms with van der Waals surface area (Å²) in [5.74, 6) is 3.33. The predicted molar refractivity (Wildman–Crippen MR) is 278 cm³/mol. The van der Waals surface area contributed by atoms with Crippen LogP contribution >= 0.6 is 11.3 Å². The highest BCUT2D eigenvalue weighted by Crippen LogP contribution is 2.47. The molecular weight excluding hydrogens is 851 g/mol. The first-order valence-corrected chi connectivity index (χ1v) is 23.4. The quantitative estimate of drug-likeness (QED) is 0.151. The Labute approximate surface area is 395 Å². The Balaban J connectivity index is 1.21. The molecule has 7 nitrogen and oxygen atoms in total. The highest BCUT2D eigenvalue weighted by Gasteiger charge is 2.26. The van der Waals surface area contributed by atoms with E-state index in [9.17, 15) is 0 Å². The lowest BCUT2D eigenvalue weighted by Crippen LogP contribution is -2.07. The van der Waals surface area contributed by atoms with Gasteiger partial charge in [0, 0.05) is 75.5 Å². The van der Waals surface area contributed by atoms with Crippen molar-refractivity contribution in [2.75, 3.05) is 0 Å². The van der Waals surface area contributed by atoms with Crippen LogP contribution in [0.3, 0.4) is 0 Å². The summed E-state index contributed by atoms with van der Waals surface area (Å²) < 4.78 is 4.80. The van der Waals surface area contributed by atoms with E-state index < -0.39 is 0 Å². The van der Waals surface area contributed by atoms with Crippen molar-refractivity contribution >= 4 is 53.3 Å². The van der Waals surface area contributed by atoms with E-state index in [1.165, 1.54) is 20.2 Å². The average Bonchev–Trinajstić information content (AvgIpc) is 3.97. The van der Waals surface area contributed by atoms with Crippen LogP contribution in [0.2, 0.25) is 0 Å². The molecule has 318 valence electrons. The molecule has 4 aromatic heterocycles. The zero-order chi connectivity index (χ0) is 45.0. The summed E-state index contributed by atoms with van der Waals surface area (Å²) >= 11 is 1.81. The number of benzene rings is 9. The normalized spacial score (nSPS) is 11.5. The van der Waals surface area contributed by atoms with Gasteiger partial charge in [-0.05, 0) is 30.3 Å². The highest BCUT2D eigenvalue weighted by atomic mass is 32.1. The van der Waals surface area contributed by atoms with Crippen LogP contribution < -0.4 is 0 Å². The molecule has 8 heteroatoms. The van der Waals surface area contributed by atoms with Gasteiger partial charge in [0.2, 0.25) is 0 Å². The molecule has 0 aliphatic carbocycles. The Morgan fingerprint density at radius 3 is 1.16 bits per heavy atom. The molecule has 0 bridgehead atoms. The van der Waals surface area contributed by atoms with Gasteiger partial charge in [-0.1, -0.05) is 194 Å². The number of thiophene rings is 1. The minimum Gasteiger partial charge on any atom is -0.308 e. The Hall–Kier alpha value is -8.98. The van der Waals surface area contributed by atoms with Gasteiger partial charge in [0.25, 0.3) is 0 Å². The molecule has 13 rings (SSSR count). The van der Waals surface area contributed by atoms with Crippen LogP contribution in [0.15, 0.2) is 224 Å². The third-order valence-electron chi connectivity index (χ3n) is 12.5. The topological polar surface area (TPSA) is 82.3 Å². The van der Waals surface area contributed by atoms with E-state index in [1.54, 1.807) is 11.3 Å². The molecule has 68 heavy (non-hydrogen) atoms. The number of fused-ring (bicyclic) bond motifs is 6. The van der Waals surface area contributed by atoms with E-state index >= 15 is 0 Å². The number of rotatable bonds is 8. The fourth-order valence-electron chi connectivity index (χ4n) is 9.37. The summed E-state index contributed by atoms with van der Waals surface area (Å²) in [6, 6.07) is 77.5. The molecule has 0 spiro atoms. The lowest BCUT2D eigenvalue weighted by Gasteiger charge is -2.21. The Morgan fingerprint density at radius 2 is 0.662 bits per heavy atom. The summed E-state index contributed by atoms with van der Waals surface area (Å²) in [6.45, 7) is 0. The molecule has 13 aromatic rings. The van der Waals surface area contributed by atoms with Gasteiger partial charge in [0.05, 0.1) is 16.7 Å². The minimum atomic E-state index is 0.516. The zero-order valence-electron chi connectivity index (χ0n) is 36.4. The lowest BCUT2D eigenvalue weighted by atomic mass is 9.94. The average molecular weight is 888 g/mol. The van der Waals surface area contributed by atoms with Crippen LogP contribution in [0.25, 0.3) is 127 Å². The molecule has 0 aliphatic rings. The van der Waals surface area contributed by atoms with Gasteiger partial charge in [-0.15, -0.1) is 11.3 Å². The number of aromatic nitrogens is 7. The summed E-state index contributed by atoms with van der Waals surface area (Å²) in [6.07, 6.45) is 0. The third-order valence-corrected chi connectivity index (χ3v) is 13.7. The van der Waals surface area contributed by atoms with Crippen molar-refractivity contribution in [2.45, 2.75) is 0 Å². The molecule has 0 unspecified atom stereocenters. The summed E-state index contributed by atoms with van der Waals surface area (Å²) in [5.41, 5.74) is 10.2. The summed E-state index contributed by atoms with van der Waals surface area (Å²) in [4.78, 5) is 31.7. The Kier molecular flexibility index (Phi) is 9.54. The van der Waals surface area contributed by atoms with Crippen LogP contribution in [0, 0.1) is 0 Å². The molecule has 0 atom stereocenters. The number of hydrogen-bond acceptors (Lipinski definition) is 7. The van der Waals surface area contributed by atoms with Crippen LogP contribution in [0.1, 0.15) is 0 Å². The number of hydrogen-bond donors (Lipinski definition) is 0. The van der Waals surface area contributed by atoms with Crippen molar-refractivity contribution < 1.29 is 0 Å². The van der Waals surface area contributed by atoms with Crippen LogP contribution in [0.5, 0.6) is 0 Å². The van der Waals surface area contributed by atoms with Gasteiger partial charge in [-0.25, -0.2) is 29.9 Å². The number of nitrogens with zero attached hydrogens (tertiary/aromatic N) is 7. The standard InChI is InChI=1S/C60H37N7S/c1-5-20-38(21-6-1)55-61-56(39-22-7-2-8-23-39)64-59(63-55)42-36-48(47-32-19-31-46-45-30-15-18-35-52(45)68-54(46)47)53(67-50-33-16-13-28-43(50)44-29-14-17-34-51(44)67)49(37-42)60-65-57(40-24-9-3-10-25-40)62-58(66-60)41-26-11-4-12-27-41/h1-37H. The smallest absolute Gasteiger partial charge is 0.166 e. The monoisotopic (exact) mass is 887 g/mol. The van der Waals surface area contributed by atoms with E-state index in [2.05, 4.69) is 108 Å². The molecule has 4 heterocycles. The van der Waals surface area contributed by atoms with Gasteiger partial charge in [-0.3, -0.25) is 0 Å². The van der Waals surface area contributed by atoms with Crippen molar-refractivity contribution in [1.82, 2.24) is 34.5 Å². The van der Waals surface area contributed by atoms with Gasteiger partial charge in [0.15, 0.2) is 34.9 Å². The zero-order valence-corrected chi connectivity index (χ0v) is 37.2. The summed E-state index contributed by atoms with van der Waals surface area (Å²) in [5, 5.41) is 4.71. The van der Waals surface area contributed by atoms with Crippen LogP contribution in [-0.4, -0.2) is 34.5 Å². The first-order valence-electron chi connectivity index (χ1n) is 22.5. The number of para-hydroxylation sites is 2. The van der Waals surface area contributed by atoms with Gasteiger partial charge < -0.3 is 4.57 Å². The highest BCUT2D eigenvalue weighted by molar-refractivity contribution is 7.26. The molecule has 0 amide bonds. The minimum absolute atomic E-state index is 0.516. The fourth-order valence-corrected chi connectivity index (χ4v) is 10.6. The van der Waals surface area contributed by atoms with Gasteiger partial charge in [0.1, 0.15) is 0 Å².